The Morgan fingerprint density at radius 1 is 1.24 bits per heavy atom. The van der Waals surface area contributed by atoms with Gasteiger partial charge in [0.25, 0.3) is 0 Å². The van der Waals surface area contributed by atoms with Crippen LogP contribution in [0.4, 0.5) is 5.95 Å². The van der Waals surface area contributed by atoms with E-state index < -0.39 is 5.97 Å². The van der Waals surface area contributed by atoms with E-state index in [1.807, 2.05) is 41.3 Å². The second kappa shape index (κ2) is 5.91. The molecule has 1 unspecified atom stereocenters. The van der Waals surface area contributed by atoms with Crippen molar-refractivity contribution in [2.75, 3.05) is 18.0 Å². The zero-order valence-electron chi connectivity index (χ0n) is 11.6. The summed E-state index contributed by atoms with van der Waals surface area (Å²) in [5.74, 6) is -0.455. The summed E-state index contributed by atoms with van der Waals surface area (Å²) < 4.78 is 0. The van der Waals surface area contributed by atoms with Crippen LogP contribution in [0.3, 0.4) is 0 Å². The van der Waals surface area contributed by atoms with Crippen LogP contribution in [0, 0.1) is 5.92 Å². The lowest BCUT2D eigenvalue weighted by molar-refractivity contribution is -0.141. The van der Waals surface area contributed by atoms with E-state index in [2.05, 4.69) is 9.97 Å². The summed E-state index contributed by atoms with van der Waals surface area (Å²) in [7, 11) is 0. The first kappa shape index (κ1) is 13.5. The lowest BCUT2D eigenvalue weighted by Crippen LogP contribution is -2.39. The van der Waals surface area contributed by atoms with Crippen molar-refractivity contribution in [2.24, 2.45) is 5.92 Å². The summed E-state index contributed by atoms with van der Waals surface area (Å²) in [4.78, 5) is 22.0. The Balaban J connectivity index is 1.84. The predicted octanol–water partition coefficient (Wildman–Crippen LogP) is 2.44. The minimum Gasteiger partial charge on any atom is -0.481 e. The smallest absolute Gasteiger partial charge is 0.308 e. The Labute approximate surface area is 123 Å². The zero-order valence-corrected chi connectivity index (χ0v) is 11.6. The predicted molar refractivity (Wildman–Crippen MR) is 80.0 cm³/mol. The number of carboxylic acids is 1. The first-order valence-electron chi connectivity index (χ1n) is 7.10. The minimum atomic E-state index is -0.737. The van der Waals surface area contributed by atoms with E-state index in [4.69, 9.17) is 5.11 Å². The average Bonchev–Trinajstić information content (AvgIpc) is 2.56. The van der Waals surface area contributed by atoms with Gasteiger partial charge in [-0.1, -0.05) is 30.3 Å². The van der Waals surface area contributed by atoms with Crippen LogP contribution in [0.1, 0.15) is 12.8 Å². The number of hydrogen-bond donors (Lipinski definition) is 1. The molecule has 1 aromatic heterocycles. The first-order chi connectivity index (χ1) is 10.2. The number of piperidine rings is 1. The molecule has 21 heavy (non-hydrogen) atoms. The summed E-state index contributed by atoms with van der Waals surface area (Å²) in [5.41, 5.74) is 1.89. The molecule has 0 saturated carbocycles. The number of nitrogens with zero attached hydrogens (tertiary/aromatic N) is 3. The van der Waals surface area contributed by atoms with Gasteiger partial charge in [0.05, 0.1) is 11.6 Å². The van der Waals surface area contributed by atoms with Gasteiger partial charge in [0.1, 0.15) is 0 Å². The van der Waals surface area contributed by atoms with Gasteiger partial charge in [-0.2, -0.15) is 0 Å². The highest BCUT2D eigenvalue weighted by molar-refractivity contribution is 5.71. The normalized spacial score (nSPS) is 18.5. The highest BCUT2D eigenvalue weighted by Gasteiger charge is 2.26. The Morgan fingerprint density at radius 3 is 2.81 bits per heavy atom. The molecule has 108 valence electrons. The van der Waals surface area contributed by atoms with Crippen molar-refractivity contribution in [2.45, 2.75) is 12.8 Å². The summed E-state index contributed by atoms with van der Waals surface area (Å²) in [6, 6.07) is 11.8. The van der Waals surface area contributed by atoms with Crippen molar-refractivity contribution in [1.82, 2.24) is 9.97 Å². The highest BCUT2D eigenvalue weighted by atomic mass is 16.4. The van der Waals surface area contributed by atoms with Gasteiger partial charge in [-0.25, -0.2) is 9.97 Å². The summed E-state index contributed by atoms with van der Waals surface area (Å²) in [6.07, 6.45) is 3.31. The number of rotatable bonds is 3. The third kappa shape index (κ3) is 3.02. The minimum absolute atomic E-state index is 0.331. The van der Waals surface area contributed by atoms with Crippen molar-refractivity contribution in [3.05, 3.63) is 42.6 Å². The van der Waals surface area contributed by atoms with Crippen LogP contribution in [0.5, 0.6) is 0 Å². The average molecular weight is 283 g/mol. The molecule has 1 aliphatic rings. The van der Waals surface area contributed by atoms with Crippen molar-refractivity contribution in [3.63, 3.8) is 0 Å². The molecule has 0 spiro atoms. The van der Waals surface area contributed by atoms with Gasteiger partial charge < -0.3 is 10.0 Å². The van der Waals surface area contributed by atoms with Crippen LogP contribution in [0.15, 0.2) is 42.6 Å². The van der Waals surface area contributed by atoms with Gasteiger partial charge >= 0.3 is 5.97 Å². The molecule has 5 nitrogen and oxygen atoms in total. The number of anilines is 1. The molecule has 0 bridgehead atoms. The molecule has 0 aliphatic carbocycles. The molecule has 3 rings (SSSR count). The second-order valence-electron chi connectivity index (χ2n) is 5.23. The van der Waals surface area contributed by atoms with E-state index in [1.165, 1.54) is 0 Å². The number of hydrogen-bond acceptors (Lipinski definition) is 4. The molecule has 0 amide bonds. The van der Waals surface area contributed by atoms with Crippen LogP contribution in [-0.4, -0.2) is 34.1 Å². The molecule has 5 heteroatoms. The largest absolute Gasteiger partial charge is 0.481 e. The molecule has 0 radical (unpaired) electrons. The molecular formula is C16H17N3O2. The van der Waals surface area contributed by atoms with Crippen molar-refractivity contribution in [3.8, 4) is 11.3 Å². The molecule has 2 heterocycles. The van der Waals surface area contributed by atoms with E-state index in [-0.39, 0.29) is 5.92 Å². The van der Waals surface area contributed by atoms with E-state index in [0.29, 0.717) is 12.5 Å². The topological polar surface area (TPSA) is 66.3 Å². The van der Waals surface area contributed by atoms with E-state index >= 15 is 0 Å². The van der Waals surface area contributed by atoms with Gasteiger partial charge in [0.15, 0.2) is 0 Å². The van der Waals surface area contributed by atoms with Crippen LogP contribution in [0.25, 0.3) is 11.3 Å². The summed E-state index contributed by atoms with van der Waals surface area (Å²) in [5, 5.41) is 9.17. The molecule has 2 aromatic rings. The number of carboxylic acid groups (broad SMARTS) is 1. The number of carbonyl (C=O) groups is 1. The maximum absolute atomic E-state index is 11.2. The summed E-state index contributed by atoms with van der Waals surface area (Å²) >= 11 is 0. The van der Waals surface area contributed by atoms with Crippen LogP contribution in [-0.2, 0) is 4.79 Å². The standard InChI is InChI=1S/C16H17N3O2/c20-15(21)13-7-4-10-19(11-13)16-17-9-8-14(18-16)12-5-2-1-3-6-12/h1-3,5-6,8-9,13H,4,7,10-11H2,(H,20,21). The van der Waals surface area contributed by atoms with Crippen molar-refractivity contribution < 1.29 is 9.90 Å². The van der Waals surface area contributed by atoms with Crippen LogP contribution >= 0.6 is 0 Å². The quantitative estimate of drug-likeness (QED) is 0.937. The third-order valence-corrected chi connectivity index (χ3v) is 3.77. The highest BCUT2D eigenvalue weighted by Crippen LogP contribution is 2.23. The maximum Gasteiger partial charge on any atom is 0.308 e. The Morgan fingerprint density at radius 2 is 2.05 bits per heavy atom. The van der Waals surface area contributed by atoms with Gasteiger partial charge in [0, 0.05) is 24.8 Å². The number of benzene rings is 1. The van der Waals surface area contributed by atoms with Gasteiger partial charge in [0.2, 0.25) is 5.95 Å². The third-order valence-electron chi connectivity index (χ3n) is 3.77. The Bertz CT molecular complexity index is 630. The maximum atomic E-state index is 11.2. The monoisotopic (exact) mass is 283 g/mol. The number of aromatic nitrogens is 2. The van der Waals surface area contributed by atoms with Crippen molar-refractivity contribution >= 4 is 11.9 Å². The van der Waals surface area contributed by atoms with Crippen LogP contribution < -0.4 is 4.90 Å². The lowest BCUT2D eigenvalue weighted by atomic mass is 9.99. The molecule has 1 atom stereocenters. The second-order valence-corrected chi connectivity index (χ2v) is 5.23. The van der Waals surface area contributed by atoms with Gasteiger partial charge in [-0.15, -0.1) is 0 Å². The van der Waals surface area contributed by atoms with Crippen LogP contribution in [0.2, 0.25) is 0 Å². The number of aliphatic carboxylic acids is 1. The van der Waals surface area contributed by atoms with E-state index in [9.17, 15) is 4.79 Å². The first-order valence-corrected chi connectivity index (χ1v) is 7.10. The van der Waals surface area contributed by atoms with Gasteiger partial charge in [-0.3, -0.25) is 4.79 Å². The lowest BCUT2D eigenvalue weighted by Gasteiger charge is -2.30. The van der Waals surface area contributed by atoms with Gasteiger partial charge in [-0.05, 0) is 18.9 Å². The van der Waals surface area contributed by atoms with Crippen molar-refractivity contribution in [1.29, 1.82) is 0 Å². The summed E-state index contributed by atoms with van der Waals surface area (Å²) in [6.45, 7) is 1.29. The fourth-order valence-corrected chi connectivity index (χ4v) is 2.63. The Hall–Kier alpha value is -2.43. The Kier molecular flexibility index (Phi) is 3.81. The zero-order chi connectivity index (χ0) is 14.7. The molecule has 1 fully saturated rings. The molecular weight excluding hydrogens is 266 g/mol. The van der Waals surface area contributed by atoms with E-state index in [0.717, 1.165) is 30.6 Å². The molecule has 1 aliphatic heterocycles. The molecule has 1 aromatic carbocycles. The molecule has 1 saturated heterocycles. The SMILES string of the molecule is O=C(O)C1CCCN(c2nccc(-c3ccccc3)n2)C1. The van der Waals surface area contributed by atoms with E-state index in [1.54, 1.807) is 6.20 Å². The molecule has 1 N–H and O–H groups in total. The fourth-order valence-electron chi connectivity index (χ4n) is 2.63. The fraction of sp³-hybridized carbons (Fsp3) is 0.312.